The molecule has 0 bridgehead atoms. The summed E-state index contributed by atoms with van der Waals surface area (Å²) in [6.07, 6.45) is 0. The van der Waals surface area contributed by atoms with Crippen molar-refractivity contribution in [3.63, 3.8) is 0 Å². The van der Waals surface area contributed by atoms with Crippen LogP contribution in [0.3, 0.4) is 0 Å². The Morgan fingerprint density at radius 3 is 1.02 bits per heavy atom. The van der Waals surface area contributed by atoms with Gasteiger partial charge in [-0.25, -0.2) is 18.4 Å². The Bertz CT molecular complexity index is 1670. The molecule has 40 heavy (non-hydrogen) atoms. The molecule has 2 aromatic heterocycles. The van der Waals surface area contributed by atoms with E-state index in [0.29, 0.717) is 0 Å². The molecule has 4 aromatic carbocycles. The lowest BCUT2D eigenvalue weighted by molar-refractivity contribution is -0.618. The predicted octanol–water partition coefficient (Wildman–Crippen LogP) is 3.28. The van der Waals surface area contributed by atoms with Crippen LogP contribution in [0.25, 0.3) is 44.1 Å². The van der Waals surface area contributed by atoms with Gasteiger partial charge in [0.25, 0.3) is 0 Å². The number of fused-ring (bicyclic) bond motifs is 4. The molecule has 12 nitrogen and oxygen atoms in total. The largest absolute Gasteiger partial charge is 0.726 e. The first-order valence-electron chi connectivity index (χ1n) is 11.6. The fourth-order valence-electron chi connectivity index (χ4n) is 3.89. The number of hydrogen-bond acceptors (Lipinski definition) is 9. The minimum absolute atomic E-state index is 0.808. The van der Waals surface area contributed by atoms with Crippen molar-refractivity contribution in [3.8, 4) is 0 Å². The highest BCUT2D eigenvalue weighted by molar-refractivity contribution is 7.80. The van der Waals surface area contributed by atoms with Crippen LogP contribution in [0.1, 0.15) is 0 Å². The number of aromatic nitrogens is 4. The van der Waals surface area contributed by atoms with Gasteiger partial charge in [0.05, 0.1) is 12.2 Å². The third-order valence-electron chi connectivity index (χ3n) is 5.66. The molecule has 0 saturated heterocycles. The van der Waals surface area contributed by atoms with E-state index in [0.717, 1.165) is 51.2 Å². The molecule has 6 rings (SSSR count). The second-order valence-electron chi connectivity index (χ2n) is 8.10. The first-order chi connectivity index (χ1) is 19.0. The predicted molar refractivity (Wildman–Crippen MR) is 148 cm³/mol. The second-order valence-corrected chi connectivity index (χ2v) is 9.24. The molecule has 0 aliphatic heterocycles. The summed E-state index contributed by atoms with van der Waals surface area (Å²) in [4.78, 5) is 17.5. The zero-order chi connectivity index (χ0) is 29.3. The Labute approximate surface area is 229 Å². The van der Waals surface area contributed by atoms with Crippen LogP contribution in [0.2, 0.25) is 0 Å². The quantitative estimate of drug-likeness (QED) is 0.0728. The van der Waals surface area contributed by atoms with Crippen molar-refractivity contribution in [2.24, 2.45) is 14.1 Å². The van der Waals surface area contributed by atoms with E-state index >= 15 is 0 Å². The van der Waals surface area contributed by atoms with Crippen molar-refractivity contribution in [1.29, 1.82) is 0 Å². The maximum absolute atomic E-state index is 9.22. The van der Waals surface area contributed by atoms with Crippen LogP contribution in [0, 0.1) is 15.3 Å². The van der Waals surface area contributed by atoms with E-state index in [1.165, 1.54) is 0 Å². The van der Waals surface area contributed by atoms with E-state index in [1.54, 1.807) is 0 Å². The van der Waals surface area contributed by atoms with Gasteiger partial charge in [0, 0.05) is 24.3 Å². The van der Waals surface area contributed by atoms with Crippen LogP contribution in [0.4, 0.5) is 0 Å². The van der Waals surface area contributed by atoms with Crippen LogP contribution >= 0.6 is 0 Å². The van der Waals surface area contributed by atoms with Crippen molar-refractivity contribution < 1.29 is 31.4 Å². The first kappa shape index (κ1) is 29.7. The molecule has 0 atom stereocenters. The Morgan fingerprint density at radius 1 is 0.625 bits per heavy atom. The number of hydrogen-bond donors (Lipinski definition) is 0. The highest BCUT2D eigenvalue weighted by Crippen LogP contribution is 2.14. The monoisotopic (exact) mass is 563 g/mol. The van der Waals surface area contributed by atoms with E-state index in [4.69, 9.17) is 15.3 Å². The van der Waals surface area contributed by atoms with Gasteiger partial charge < -0.3 is 19.9 Å². The van der Waals surface area contributed by atoms with E-state index < -0.39 is 15.5 Å². The molecule has 0 radical (unpaired) electrons. The number of nitrogens with zero attached hydrogens (tertiary/aromatic N) is 5. The molecule has 0 saturated carbocycles. The van der Waals surface area contributed by atoms with Crippen LogP contribution in [0.5, 0.6) is 0 Å². The molecule has 0 aliphatic rings. The summed E-state index contributed by atoms with van der Waals surface area (Å²) < 4.78 is 35.4. The second kappa shape index (κ2) is 13.3. The fourth-order valence-corrected chi connectivity index (χ4v) is 3.89. The lowest BCUT2D eigenvalue weighted by atomic mass is 10.2. The molecule has 13 heteroatoms. The van der Waals surface area contributed by atoms with Gasteiger partial charge in [-0.3, -0.25) is 4.18 Å². The number of para-hydroxylation sites is 8. The van der Waals surface area contributed by atoms with Gasteiger partial charge in [-0.2, -0.15) is 9.13 Å². The topological polar surface area (TPSA) is 166 Å². The molecule has 0 fully saturated rings. The highest BCUT2D eigenvalue weighted by atomic mass is 32.3. The van der Waals surface area contributed by atoms with Gasteiger partial charge >= 0.3 is 0 Å². The van der Waals surface area contributed by atoms with Gasteiger partial charge in [0.2, 0.25) is 32.5 Å². The van der Waals surface area contributed by atoms with Crippen molar-refractivity contribution in [3.05, 3.63) is 112 Å². The van der Waals surface area contributed by atoms with Gasteiger partial charge in [-0.1, -0.05) is 48.5 Å². The van der Waals surface area contributed by atoms with E-state index in [-0.39, 0.29) is 0 Å². The number of rotatable bonds is 1. The Balaban J connectivity index is 0.000000167. The fraction of sp³-hybridized carbons (Fsp3) is 0.111. The average molecular weight is 564 g/mol. The number of aryl methyl sites for hydroxylation is 2. The SMILES string of the molecule is COS(=O)(=O)[O-].C[n+]1c2ccccc2nc2ccccc21.C[n+]1c2ccccc2nc2ccccc21.O=[N+]([O-])[O-]. The van der Waals surface area contributed by atoms with Gasteiger partial charge in [0.1, 0.15) is 36.2 Å². The van der Waals surface area contributed by atoms with Crippen molar-refractivity contribution in [2.45, 2.75) is 0 Å². The maximum atomic E-state index is 9.22. The van der Waals surface area contributed by atoms with Crippen LogP contribution in [-0.2, 0) is 28.7 Å². The molecule has 6 aromatic rings. The van der Waals surface area contributed by atoms with Crippen LogP contribution < -0.4 is 9.13 Å². The summed E-state index contributed by atoms with van der Waals surface area (Å²) in [5.74, 6) is 0. The lowest BCUT2D eigenvalue weighted by Gasteiger charge is -1.99. The molecule has 0 unspecified atom stereocenters. The molecular formula is C27H25N5O7S. The summed E-state index contributed by atoms with van der Waals surface area (Å²) in [5.41, 5.74) is 8.81. The Morgan fingerprint density at radius 2 is 0.825 bits per heavy atom. The summed E-state index contributed by atoms with van der Waals surface area (Å²) >= 11 is 0. The van der Waals surface area contributed by atoms with E-state index in [9.17, 15) is 13.0 Å². The summed E-state index contributed by atoms with van der Waals surface area (Å²) in [5, 5.41) is 14.8. The standard InChI is InChI=1S/2C13H11N2.CH4O4S.NO3/c2*1-15-12-8-4-2-6-10(12)14-11-7-3-5-9-13(11)15;1-5-6(2,3)4;2-1(3)4/h2*2-9H,1H3;1H3,(H,2,3,4);/q2*+1;;-1/p-1. The summed E-state index contributed by atoms with van der Waals surface area (Å²) in [6.45, 7) is 0. The molecular weight excluding hydrogens is 538 g/mol. The Hall–Kier alpha value is -4.85. The van der Waals surface area contributed by atoms with Crippen LogP contribution in [-0.4, -0.2) is 35.1 Å². The van der Waals surface area contributed by atoms with Gasteiger partial charge in [0.15, 0.2) is 0 Å². The normalized spacial score (nSPS) is 10.6. The molecule has 0 amide bonds. The summed E-state index contributed by atoms with van der Waals surface area (Å²) in [7, 11) is 0.547. The van der Waals surface area contributed by atoms with Crippen molar-refractivity contribution in [1.82, 2.24) is 9.97 Å². The minimum atomic E-state index is -4.41. The Kier molecular flexibility index (Phi) is 9.86. The summed E-state index contributed by atoms with van der Waals surface area (Å²) in [6, 6.07) is 32.8. The van der Waals surface area contributed by atoms with Crippen molar-refractivity contribution in [2.75, 3.05) is 7.11 Å². The molecule has 0 spiro atoms. The third kappa shape index (κ3) is 7.83. The zero-order valence-corrected chi connectivity index (χ0v) is 22.6. The average Bonchev–Trinajstić information content (AvgIpc) is 2.94. The number of benzene rings is 4. The van der Waals surface area contributed by atoms with E-state index in [2.05, 4.69) is 61.6 Å². The highest BCUT2D eigenvalue weighted by Gasteiger charge is 2.11. The minimum Gasteiger partial charge on any atom is -0.726 e. The molecule has 0 N–H and O–H groups in total. The van der Waals surface area contributed by atoms with E-state index in [1.807, 2.05) is 72.8 Å². The molecule has 206 valence electrons. The van der Waals surface area contributed by atoms with Gasteiger partial charge in [-0.05, 0) is 24.3 Å². The first-order valence-corrected chi connectivity index (χ1v) is 12.9. The molecule has 0 aliphatic carbocycles. The van der Waals surface area contributed by atoms with Gasteiger partial charge in [-0.15, -0.1) is 0 Å². The zero-order valence-electron chi connectivity index (χ0n) is 21.7. The lowest BCUT2D eigenvalue weighted by Crippen LogP contribution is -2.30. The smallest absolute Gasteiger partial charge is 0.231 e. The third-order valence-corrected chi connectivity index (χ3v) is 6.07. The van der Waals surface area contributed by atoms with Crippen LogP contribution in [0.15, 0.2) is 97.1 Å². The van der Waals surface area contributed by atoms with Crippen molar-refractivity contribution >= 4 is 54.5 Å². The maximum Gasteiger partial charge on any atom is 0.231 e. The molecule has 2 heterocycles.